The number of amides is 2. The van der Waals surface area contributed by atoms with Crippen LogP contribution in [0.25, 0.3) is 0 Å². The molecule has 0 aromatic heterocycles. The molecule has 0 fully saturated rings. The molecule has 0 spiro atoms. The quantitative estimate of drug-likeness (QED) is 0.748. The minimum atomic E-state index is -0.341. The molecule has 0 aliphatic heterocycles. The highest BCUT2D eigenvalue weighted by molar-refractivity contribution is 5.71. The van der Waals surface area contributed by atoms with Crippen LogP contribution >= 0.6 is 0 Å². The number of ether oxygens (including phenoxy) is 1. The lowest BCUT2D eigenvalue weighted by Crippen LogP contribution is -2.37. The zero-order valence-electron chi connectivity index (χ0n) is 13.7. The number of rotatable bonds is 8. The number of likely N-dealkylation sites (N-methyl/N-ethyl adjacent to an activating group) is 2. The number of hydrogen-bond donors (Lipinski definition) is 1. The standard InChI is InChI=1S/C16H25N3O3/c1-13(2)18(3)9-10-19(4)16(21)22-11-14-5-7-15(8-6-14)17-12-20/h5-8,12-13H,9-11H2,1-4H3,(H,17,20). The minimum absolute atomic E-state index is 0.213. The van der Waals surface area contributed by atoms with Crippen molar-refractivity contribution < 1.29 is 14.3 Å². The second-order valence-electron chi connectivity index (χ2n) is 5.51. The SMILES string of the molecule is CC(C)N(C)CCN(C)C(=O)OCc1ccc(NC=O)cc1. The normalized spacial score (nSPS) is 10.6. The second kappa shape index (κ2) is 9.04. The van der Waals surface area contributed by atoms with Gasteiger partial charge in [0.25, 0.3) is 0 Å². The van der Waals surface area contributed by atoms with E-state index >= 15 is 0 Å². The van der Waals surface area contributed by atoms with E-state index in [-0.39, 0.29) is 12.7 Å². The van der Waals surface area contributed by atoms with Crippen LogP contribution in [0.1, 0.15) is 19.4 Å². The average molecular weight is 307 g/mol. The number of carbonyl (C=O) groups is 2. The molecule has 2 amide bonds. The van der Waals surface area contributed by atoms with E-state index in [1.165, 1.54) is 0 Å². The van der Waals surface area contributed by atoms with E-state index < -0.39 is 0 Å². The van der Waals surface area contributed by atoms with Crippen LogP contribution in [0.15, 0.2) is 24.3 Å². The Labute approximate surface area is 132 Å². The Hall–Kier alpha value is -2.08. The summed E-state index contributed by atoms with van der Waals surface area (Å²) >= 11 is 0. The molecule has 0 unspecified atom stereocenters. The lowest BCUT2D eigenvalue weighted by atomic mass is 10.2. The molecule has 0 radical (unpaired) electrons. The predicted octanol–water partition coefficient (Wildman–Crippen LogP) is 2.16. The van der Waals surface area contributed by atoms with Gasteiger partial charge in [-0.1, -0.05) is 12.1 Å². The van der Waals surface area contributed by atoms with Gasteiger partial charge in [0.05, 0.1) is 0 Å². The molecule has 0 heterocycles. The monoisotopic (exact) mass is 307 g/mol. The van der Waals surface area contributed by atoms with Gasteiger partial charge in [0.1, 0.15) is 6.61 Å². The highest BCUT2D eigenvalue weighted by Gasteiger charge is 2.12. The number of carbonyl (C=O) groups excluding carboxylic acids is 2. The summed E-state index contributed by atoms with van der Waals surface area (Å²) in [6.07, 6.45) is 0.283. The Morgan fingerprint density at radius 1 is 1.23 bits per heavy atom. The molecule has 1 N–H and O–H groups in total. The summed E-state index contributed by atoms with van der Waals surface area (Å²) in [5.41, 5.74) is 1.58. The molecule has 0 bridgehead atoms. The maximum atomic E-state index is 11.9. The zero-order valence-corrected chi connectivity index (χ0v) is 13.7. The molecule has 1 aromatic rings. The van der Waals surface area contributed by atoms with Gasteiger partial charge in [-0.05, 0) is 38.6 Å². The molecule has 122 valence electrons. The largest absolute Gasteiger partial charge is 0.445 e. The Kier molecular flexibility index (Phi) is 7.39. The first kappa shape index (κ1) is 18.0. The van der Waals surface area contributed by atoms with E-state index in [1.807, 2.05) is 19.2 Å². The summed E-state index contributed by atoms with van der Waals surface area (Å²) in [5, 5.41) is 2.55. The maximum Gasteiger partial charge on any atom is 0.409 e. The molecular formula is C16H25N3O3. The third-order valence-corrected chi connectivity index (χ3v) is 3.52. The van der Waals surface area contributed by atoms with Gasteiger partial charge in [0, 0.05) is 31.9 Å². The molecule has 6 nitrogen and oxygen atoms in total. The van der Waals surface area contributed by atoms with Gasteiger partial charge in [-0.25, -0.2) is 4.79 Å². The average Bonchev–Trinajstić information content (AvgIpc) is 2.51. The van der Waals surface area contributed by atoms with Crippen molar-refractivity contribution in [3.63, 3.8) is 0 Å². The maximum absolute atomic E-state index is 11.9. The van der Waals surface area contributed by atoms with Crippen LogP contribution in [0.5, 0.6) is 0 Å². The van der Waals surface area contributed by atoms with Crippen molar-refractivity contribution >= 4 is 18.2 Å². The van der Waals surface area contributed by atoms with Crippen LogP contribution in [0.3, 0.4) is 0 Å². The summed E-state index contributed by atoms with van der Waals surface area (Å²) in [6.45, 7) is 5.86. The molecule has 1 aromatic carbocycles. The Morgan fingerprint density at radius 3 is 2.41 bits per heavy atom. The Bertz CT molecular complexity index is 474. The molecule has 1 rings (SSSR count). The fourth-order valence-corrected chi connectivity index (χ4v) is 1.68. The summed E-state index contributed by atoms with van der Waals surface area (Å²) in [4.78, 5) is 25.9. The summed E-state index contributed by atoms with van der Waals surface area (Å²) in [5.74, 6) is 0. The molecule has 0 aliphatic carbocycles. The molecule has 6 heteroatoms. The summed E-state index contributed by atoms with van der Waals surface area (Å²) < 4.78 is 5.26. The van der Waals surface area contributed by atoms with Gasteiger partial charge in [0.15, 0.2) is 0 Å². The number of hydrogen-bond acceptors (Lipinski definition) is 4. The minimum Gasteiger partial charge on any atom is -0.445 e. The molecule has 0 atom stereocenters. The van der Waals surface area contributed by atoms with E-state index in [0.717, 1.165) is 12.1 Å². The van der Waals surface area contributed by atoms with Crippen molar-refractivity contribution in [2.75, 3.05) is 32.5 Å². The molecular weight excluding hydrogens is 282 g/mol. The molecule has 22 heavy (non-hydrogen) atoms. The Balaban J connectivity index is 2.36. The smallest absolute Gasteiger partial charge is 0.409 e. The van der Waals surface area contributed by atoms with E-state index in [0.29, 0.717) is 24.7 Å². The fourth-order valence-electron chi connectivity index (χ4n) is 1.68. The van der Waals surface area contributed by atoms with Crippen molar-refractivity contribution in [1.82, 2.24) is 9.80 Å². The van der Waals surface area contributed by atoms with Crippen LogP contribution in [0.2, 0.25) is 0 Å². The highest BCUT2D eigenvalue weighted by atomic mass is 16.6. The third kappa shape index (κ3) is 6.13. The van der Waals surface area contributed by atoms with Crippen molar-refractivity contribution in [2.45, 2.75) is 26.5 Å². The van der Waals surface area contributed by atoms with Crippen molar-refractivity contribution in [2.24, 2.45) is 0 Å². The lowest BCUT2D eigenvalue weighted by molar-refractivity contribution is -0.105. The van der Waals surface area contributed by atoms with Gasteiger partial charge in [-0.15, -0.1) is 0 Å². The second-order valence-corrected chi connectivity index (χ2v) is 5.51. The van der Waals surface area contributed by atoms with E-state index in [1.54, 1.807) is 24.1 Å². The first-order valence-electron chi connectivity index (χ1n) is 7.31. The van der Waals surface area contributed by atoms with E-state index in [2.05, 4.69) is 24.1 Å². The number of nitrogens with zero attached hydrogens (tertiary/aromatic N) is 2. The van der Waals surface area contributed by atoms with E-state index in [9.17, 15) is 9.59 Å². The van der Waals surface area contributed by atoms with Crippen molar-refractivity contribution in [1.29, 1.82) is 0 Å². The summed E-state index contributed by atoms with van der Waals surface area (Å²) in [6, 6.07) is 7.60. The van der Waals surface area contributed by atoms with Crippen LogP contribution in [0, 0.1) is 0 Å². The predicted molar refractivity (Wildman–Crippen MR) is 86.7 cm³/mol. The highest BCUT2D eigenvalue weighted by Crippen LogP contribution is 2.10. The van der Waals surface area contributed by atoms with Gasteiger partial charge in [-0.3, -0.25) is 4.79 Å². The van der Waals surface area contributed by atoms with Gasteiger partial charge < -0.3 is 19.9 Å². The van der Waals surface area contributed by atoms with Crippen LogP contribution in [-0.4, -0.2) is 55.5 Å². The van der Waals surface area contributed by atoms with Crippen molar-refractivity contribution in [3.05, 3.63) is 29.8 Å². The van der Waals surface area contributed by atoms with Gasteiger partial charge >= 0.3 is 6.09 Å². The number of anilines is 1. The zero-order chi connectivity index (χ0) is 16.5. The number of benzene rings is 1. The molecule has 0 saturated carbocycles. The van der Waals surface area contributed by atoms with Gasteiger partial charge in [-0.2, -0.15) is 0 Å². The molecule has 0 saturated heterocycles. The lowest BCUT2D eigenvalue weighted by Gasteiger charge is -2.24. The summed E-state index contributed by atoms with van der Waals surface area (Å²) in [7, 11) is 3.76. The Morgan fingerprint density at radius 2 is 1.86 bits per heavy atom. The van der Waals surface area contributed by atoms with Crippen LogP contribution < -0.4 is 5.32 Å². The van der Waals surface area contributed by atoms with Crippen LogP contribution in [0.4, 0.5) is 10.5 Å². The molecule has 0 aliphatic rings. The van der Waals surface area contributed by atoms with Crippen LogP contribution in [-0.2, 0) is 16.1 Å². The van der Waals surface area contributed by atoms with Crippen molar-refractivity contribution in [3.8, 4) is 0 Å². The first-order chi connectivity index (χ1) is 10.4. The fraction of sp³-hybridized carbons (Fsp3) is 0.500. The van der Waals surface area contributed by atoms with E-state index in [4.69, 9.17) is 4.74 Å². The topological polar surface area (TPSA) is 61.9 Å². The third-order valence-electron chi connectivity index (χ3n) is 3.52. The number of nitrogens with one attached hydrogen (secondary N) is 1. The first-order valence-corrected chi connectivity index (χ1v) is 7.31. The van der Waals surface area contributed by atoms with Gasteiger partial charge in [0.2, 0.25) is 6.41 Å².